The van der Waals surface area contributed by atoms with Gasteiger partial charge < -0.3 is 14.8 Å². The fourth-order valence-corrected chi connectivity index (χ4v) is 6.22. The van der Waals surface area contributed by atoms with Gasteiger partial charge in [0.05, 0.1) is 4.91 Å². The van der Waals surface area contributed by atoms with E-state index in [1.165, 1.54) is 4.90 Å². The van der Waals surface area contributed by atoms with Gasteiger partial charge >= 0.3 is 5.97 Å². The molecule has 2 N–H and O–H groups in total. The summed E-state index contributed by atoms with van der Waals surface area (Å²) in [6.07, 6.45) is 3.70. The zero-order valence-corrected chi connectivity index (χ0v) is 22.9. The number of nitrogens with one attached hydrogen (secondary N) is 1. The summed E-state index contributed by atoms with van der Waals surface area (Å²) in [5.41, 5.74) is 3.66. The molecule has 8 heteroatoms. The van der Waals surface area contributed by atoms with Crippen molar-refractivity contribution in [1.29, 1.82) is 0 Å². The van der Waals surface area contributed by atoms with Crippen molar-refractivity contribution in [2.75, 3.05) is 0 Å². The van der Waals surface area contributed by atoms with E-state index in [2.05, 4.69) is 4.98 Å². The summed E-state index contributed by atoms with van der Waals surface area (Å²) in [5, 5.41) is 13.0. The number of thiocarbonyl (C=S) groups is 1. The van der Waals surface area contributed by atoms with Gasteiger partial charge in [0.15, 0.2) is 0 Å². The number of rotatable bonds is 8. The maximum atomic E-state index is 13.4. The number of carbonyl (C=O) groups is 2. The molecule has 1 saturated heterocycles. The van der Waals surface area contributed by atoms with E-state index >= 15 is 0 Å². The van der Waals surface area contributed by atoms with E-state index in [9.17, 15) is 14.7 Å². The number of ether oxygens (including phenoxy) is 1. The lowest BCUT2D eigenvalue weighted by atomic mass is 10.0. The number of hydrogen-bond acceptors (Lipinski definition) is 5. The molecule has 6 nitrogen and oxygen atoms in total. The van der Waals surface area contributed by atoms with Gasteiger partial charge in [-0.15, -0.1) is 0 Å². The monoisotopic (exact) mass is 564 g/mol. The van der Waals surface area contributed by atoms with Crippen molar-refractivity contribution in [1.82, 2.24) is 9.88 Å². The second-order valence-corrected chi connectivity index (χ2v) is 11.2. The first kappa shape index (κ1) is 25.9. The van der Waals surface area contributed by atoms with Crippen LogP contribution in [-0.4, -0.2) is 37.2 Å². The number of aromatic nitrogens is 1. The number of amides is 1. The van der Waals surface area contributed by atoms with Crippen LogP contribution in [0.5, 0.6) is 5.75 Å². The molecule has 0 radical (unpaired) electrons. The molecule has 0 aliphatic carbocycles. The number of aromatic amines is 1. The number of benzene rings is 4. The van der Waals surface area contributed by atoms with Gasteiger partial charge in [0.25, 0.3) is 5.91 Å². The van der Waals surface area contributed by atoms with Crippen LogP contribution in [0.2, 0.25) is 0 Å². The van der Waals surface area contributed by atoms with E-state index < -0.39 is 17.9 Å². The number of hydrogen-bond donors (Lipinski definition) is 2. The summed E-state index contributed by atoms with van der Waals surface area (Å²) in [7, 11) is 0. The van der Waals surface area contributed by atoms with Crippen molar-refractivity contribution in [2.24, 2.45) is 0 Å². The maximum absolute atomic E-state index is 13.4. The lowest BCUT2D eigenvalue weighted by molar-refractivity contribution is -0.145. The van der Waals surface area contributed by atoms with E-state index in [0.29, 0.717) is 11.5 Å². The number of fused-ring (bicyclic) bond motifs is 2. The van der Waals surface area contributed by atoms with Gasteiger partial charge in [-0.2, -0.15) is 0 Å². The molecule has 6 rings (SSSR count). The number of aliphatic carboxylic acids is 1. The van der Waals surface area contributed by atoms with Crippen molar-refractivity contribution in [3.63, 3.8) is 0 Å². The van der Waals surface area contributed by atoms with E-state index in [0.717, 1.165) is 55.9 Å². The molecule has 0 saturated carbocycles. The standard InChI is InChI=1S/C32H24N2O4S2/c35-30-29(40-32(39)34(30)28(31(36)37)17-24-18-33-27-9-5-4-8-26(24)27)15-21-10-11-23-16-25(13-12-22(23)14-21)38-19-20-6-2-1-3-7-20/h1-16,18,28,33H,17,19H2,(H,36,37)/b29-15-. The Morgan fingerprint density at radius 2 is 1.75 bits per heavy atom. The molecule has 198 valence electrons. The predicted molar refractivity (Wildman–Crippen MR) is 163 cm³/mol. The number of nitrogens with zero attached hydrogens (tertiary/aromatic N) is 1. The first-order valence-electron chi connectivity index (χ1n) is 12.7. The minimum absolute atomic E-state index is 0.143. The molecule has 1 amide bonds. The summed E-state index contributed by atoms with van der Waals surface area (Å²) in [5.74, 6) is -0.717. The Hall–Kier alpha value is -4.40. The van der Waals surface area contributed by atoms with E-state index in [1.54, 1.807) is 12.3 Å². The predicted octanol–water partition coefficient (Wildman–Crippen LogP) is 6.80. The van der Waals surface area contributed by atoms with Crippen LogP contribution in [0.1, 0.15) is 16.7 Å². The van der Waals surface area contributed by atoms with Gasteiger partial charge in [-0.1, -0.05) is 90.7 Å². The zero-order chi connectivity index (χ0) is 27.6. The molecule has 0 spiro atoms. The normalized spacial score (nSPS) is 15.3. The number of para-hydroxylation sites is 1. The fraction of sp³-hybridized carbons (Fsp3) is 0.0938. The smallest absolute Gasteiger partial charge is 0.327 e. The van der Waals surface area contributed by atoms with Crippen LogP contribution in [-0.2, 0) is 22.6 Å². The van der Waals surface area contributed by atoms with Gasteiger partial charge in [0.1, 0.15) is 22.7 Å². The van der Waals surface area contributed by atoms with E-state index in [-0.39, 0.29) is 10.7 Å². The zero-order valence-electron chi connectivity index (χ0n) is 21.2. The summed E-state index contributed by atoms with van der Waals surface area (Å²) < 4.78 is 6.19. The van der Waals surface area contributed by atoms with Crippen molar-refractivity contribution in [3.05, 3.63) is 119 Å². The average Bonchev–Trinajstić information content (AvgIpc) is 3.50. The Bertz CT molecular complexity index is 1800. The highest BCUT2D eigenvalue weighted by Gasteiger charge is 2.40. The number of H-pyrrole nitrogens is 1. The van der Waals surface area contributed by atoms with Crippen LogP contribution in [0.25, 0.3) is 27.8 Å². The van der Waals surface area contributed by atoms with Crippen LogP contribution in [0.3, 0.4) is 0 Å². The molecule has 1 aliphatic heterocycles. The first-order chi connectivity index (χ1) is 19.5. The van der Waals surface area contributed by atoms with Crippen LogP contribution < -0.4 is 4.74 Å². The van der Waals surface area contributed by atoms with Gasteiger partial charge in [-0.05, 0) is 57.8 Å². The third-order valence-electron chi connectivity index (χ3n) is 6.89. The van der Waals surface area contributed by atoms with Crippen molar-refractivity contribution >= 4 is 67.9 Å². The second kappa shape index (κ2) is 11.0. The molecule has 0 bridgehead atoms. The summed E-state index contributed by atoms with van der Waals surface area (Å²) in [6.45, 7) is 0.490. The molecule has 2 heterocycles. The van der Waals surface area contributed by atoms with Crippen LogP contribution in [0, 0.1) is 0 Å². The Morgan fingerprint density at radius 1 is 1.00 bits per heavy atom. The summed E-state index contributed by atoms with van der Waals surface area (Å²) >= 11 is 6.62. The number of carbonyl (C=O) groups excluding carboxylic acids is 1. The Morgan fingerprint density at radius 3 is 2.58 bits per heavy atom. The third kappa shape index (κ3) is 5.23. The van der Waals surface area contributed by atoms with Crippen molar-refractivity contribution < 1.29 is 19.4 Å². The van der Waals surface area contributed by atoms with Crippen LogP contribution >= 0.6 is 24.0 Å². The summed E-state index contributed by atoms with van der Waals surface area (Å²) in [6, 6.07) is 28.4. The maximum Gasteiger partial charge on any atom is 0.327 e. The molecule has 40 heavy (non-hydrogen) atoms. The lowest BCUT2D eigenvalue weighted by Gasteiger charge is -2.23. The molecule has 1 aliphatic rings. The number of carboxylic acids is 1. The van der Waals surface area contributed by atoms with Crippen LogP contribution in [0.4, 0.5) is 0 Å². The Balaban J connectivity index is 1.21. The van der Waals surface area contributed by atoms with E-state index in [4.69, 9.17) is 17.0 Å². The lowest BCUT2D eigenvalue weighted by Crippen LogP contribution is -2.45. The second-order valence-electron chi connectivity index (χ2n) is 9.51. The molecule has 1 aromatic heterocycles. The molecule has 1 atom stereocenters. The minimum atomic E-state index is -1.11. The van der Waals surface area contributed by atoms with Crippen molar-refractivity contribution in [2.45, 2.75) is 19.1 Å². The highest BCUT2D eigenvalue weighted by molar-refractivity contribution is 8.26. The van der Waals surface area contributed by atoms with Gasteiger partial charge in [0, 0.05) is 23.5 Å². The molecule has 1 unspecified atom stereocenters. The largest absolute Gasteiger partial charge is 0.489 e. The molecular weight excluding hydrogens is 540 g/mol. The van der Waals surface area contributed by atoms with Gasteiger partial charge in [0.2, 0.25) is 0 Å². The Kier molecular flexibility index (Phi) is 7.11. The average molecular weight is 565 g/mol. The number of carboxylic acid groups (broad SMARTS) is 1. The van der Waals surface area contributed by atoms with Gasteiger partial charge in [-0.25, -0.2) is 4.79 Å². The van der Waals surface area contributed by atoms with E-state index in [1.807, 2.05) is 91.0 Å². The minimum Gasteiger partial charge on any atom is -0.489 e. The van der Waals surface area contributed by atoms with Crippen molar-refractivity contribution in [3.8, 4) is 5.75 Å². The molecular formula is C32H24N2O4S2. The quantitative estimate of drug-likeness (QED) is 0.159. The number of thioether (sulfide) groups is 1. The topological polar surface area (TPSA) is 82.6 Å². The Labute approximate surface area is 240 Å². The molecule has 1 fully saturated rings. The highest BCUT2D eigenvalue weighted by Crippen LogP contribution is 2.36. The van der Waals surface area contributed by atoms with Gasteiger partial charge in [-0.3, -0.25) is 9.69 Å². The van der Waals surface area contributed by atoms with Crippen LogP contribution in [0.15, 0.2) is 102 Å². The third-order valence-corrected chi connectivity index (χ3v) is 8.22. The summed E-state index contributed by atoms with van der Waals surface area (Å²) in [4.78, 5) is 30.5. The molecule has 5 aromatic rings. The highest BCUT2D eigenvalue weighted by atomic mass is 32.2. The molecule has 4 aromatic carbocycles. The first-order valence-corrected chi connectivity index (χ1v) is 13.9. The fourth-order valence-electron chi connectivity index (χ4n) is 4.86. The SMILES string of the molecule is O=C(O)C(Cc1c[nH]c2ccccc12)N1C(=O)/C(=C/c2ccc3cc(OCc4ccccc4)ccc3c2)SC1=S.